The van der Waals surface area contributed by atoms with Crippen LogP contribution < -0.4 is 10.1 Å². The Labute approximate surface area is 190 Å². The van der Waals surface area contributed by atoms with Gasteiger partial charge in [0.05, 0.1) is 23.6 Å². The minimum atomic E-state index is -0.0104. The van der Waals surface area contributed by atoms with Gasteiger partial charge in [-0.15, -0.1) is 0 Å². The van der Waals surface area contributed by atoms with Gasteiger partial charge in [0.25, 0.3) is 0 Å². The first-order valence-electron chi connectivity index (χ1n) is 10.9. The summed E-state index contributed by atoms with van der Waals surface area (Å²) in [5.74, 6) is 1.82. The Kier molecular flexibility index (Phi) is 4.59. The summed E-state index contributed by atoms with van der Waals surface area (Å²) in [6, 6.07) is 14.4. The number of nitrogens with one attached hydrogen (secondary N) is 2. The van der Waals surface area contributed by atoms with Gasteiger partial charge in [-0.2, -0.15) is 0 Å². The summed E-state index contributed by atoms with van der Waals surface area (Å²) in [5.41, 5.74) is 5.22. The SMILES string of the molecule is CNCC(=O)N1CCCC1c1nc2c(ccc3cc4c(cc32)OCc2cc(Cl)ccc2-4)[nH]1. The van der Waals surface area contributed by atoms with Crippen molar-refractivity contribution in [3.05, 3.63) is 58.9 Å². The molecular weight excluding hydrogens is 424 g/mol. The number of hydrogen-bond acceptors (Lipinski definition) is 4. The number of benzene rings is 3. The number of carbonyl (C=O) groups is 1. The van der Waals surface area contributed by atoms with Crippen molar-refractivity contribution in [3.63, 3.8) is 0 Å². The van der Waals surface area contributed by atoms with Crippen molar-refractivity contribution < 1.29 is 9.53 Å². The van der Waals surface area contributed by atoms with Crippen LogP contribution in [-0.2, 0) is 11.4 Å². The highest BCUT2D eigenvalue weighted by atomic mass is 35.5. The molecule has 3 heterocycles. The molecule has 1 unspecified atom stereocenters. The van der Waals surface area contributed by atoms with E-state index in [1.807, 2.05) is 17.0 Å². The van der Waals surface area contributed by atoms with Crippen molar-refractivity contribution in [2.75, 3.05) is 20.1 Å². The Morgan fingerprint density at radius 1 is 1.25 bits per heavy atom. The van der Waals surface area contributed by atoms with Crippen LogP contribution in [0.25, 0.3) is 32.9 Å². The molecule has 0 spiro atoms. The molecule has 32 heavy (non-hydrogen) atoms. The normalized spacial score (nSPS) is 17.4. The Bertz CT molecular complexity index is 1380. The quantitative estimate of drug-likeness (QED) is 0.473. The zero-order valence-corrected chi connectivity index (χ0v) is 18.5. The summed E-state index contributed by atoms with van der Waals surface area (Å²) >= 11 is 6.17. The molecule has 1 aromatic heterocycles. The Balaban J connectivity index is 1.45. The van der Waals surface area contributed by atoms with Gasteiger partial charge in [0.2, 0.25) is 5.91 Å². The number of aromatic nitrogens is 2. The number of rotatable bonds is 3. The third kappa shape index (κ3) is 3.05. The van der Waals surface area contributed by atoms with Crippen LogP contribution in [0.3, 0.4) is 0 Å². The highest BCUT2D eigenvalue weighted by molar-refractivity contribution is 6.30. The maximum Gasteiger partial charge on any atom is 0.237 e. The lowest BCUT2D eigenvalue weighted by molar-refractivity contribution is -0.131. The number of aromatic amines is 1. The number of ether oxygens (including phenoxy) is 1. The van der Waals surface area contributed by atoms with Crippen LogP contribution in [0.15, 0.2) is 42.5 Å². The summed E-state index contributed by atoms with van der Waals surface area (Å²) in [7, 11) is 1.80. The molecule has 7 heteroatoms. The van der Waals surface area contributed by atoms with Gasteiger partial charge in [-0.05, 0) is 66.7 Å². The maximum absolute atomic E-state index is 12.5. The molecule has 4 aromatic rings. The Morgan fingerprint density at radius 2 is 2.16 bits per heavy atom. The fourth-order valence-electron chi connectivity index (χ4n) is 5.03. The van der Waals surface area contributed by atoms with Gasteiger partial charge >= 0.3 is 0 Å². The number of amides is 1. The molecule has 1 saturated heterocycles. The average Bonchev–Trinajstić information content (AvgIpc) is 3.45. The third-order valence-corrected chi connectivity index (χ3v) is 6.78. The lowest BCUT2D eigenvalue weighted by Crippen LogP contribution is -2.37. The molecule has 3 aromatic carbocycles. The second kappa shape index (κ2) is 7.50. The van der Waals surface area contributed by atoms with Crippen LogP contribution in [0.2, 0.25) is 5.02 Å². The molecule has 1 amide bonds. The topological polar surface area (TPSA) is 70.2 Å². The van der Waals surface area contributed by atoms with E-state index in [2.05, 4.69) is 40.6 Å². The Morgan fingerprint density at radius 3 is 3.03 bits per heavy atom. The Hall–Kier alpha value is -3.09. The molecule has 1 atom stereocenters. The predicted molar refractivity (Wildman–Crippen MR) is 126 cm³/mol. The monoisotopic (exact) mass is 446 g/mol. The molecular formula is C25H23ClN4O2. The van der Waals surface area contributed by atoms with Gasteiger partial charge in [0.1, 0.15) is 18.2 Å². The van der Waals surface area contributed by atoms with Crippen molar-refractivity contribution in [2.24, 2.45) is 0 Å². The molecule has 162 valence electrons. The van der Waals surface area contributed by atoms with Gasteiger partial charge in [-0.3, -0.25) is 4.79 Å². The first kappa shape index (κ1) is 19.6. The van der Waals surface area contributed by atoms with Crippen LogP contribution in [0, 0.1) is 0 Å². The van der Waals surface area contributed by atoms with Crippen molar-refractivity contribution in [2.45, 2.75) is 25.5 Å². The third-order valence-electron chi connectivity index (χ3n) is 6.54. The summed E-state index contributed by atoms with van der Waals surface area (Å²) in [5, 5.41) is 5.84. The van der Waals surface area contributed by atoms with Crippen LogP contribution in [-0.4, -0.2) is 40.9 Å². The number of halogens is 1. The molecule has 0 bridgehead atoms. The molecule has 0 saturated carbocycles. The van der Waals surface area contributed by atoms with E-state index in [-0.39, 0.29) is 11.9 Å². The van der Waals surface area contributed by atoms with Crippen molar-refractivity contribution in [1.82, 2.24) is 20.2 Å². The van der Waals surface area contributed by atoms with Crippen LogP contribution in [0.5, 0.6) is 5.75 Å². The number of hydrogen-bond donors (Lipinski definition) is 2. The fourth-order valence-corrected chi connectivity index (χ4v) is 5.23. The minimum Gasteiger partial charge on any atom is -0.488 e. The molecule has 2 aliphatic rings. The zero-order chi connectivity index (χ0) is 21.8. The summed E-state index contributed by atoms with van der Waals surface area (Å²) in [6.45, 7) is 1.62. The fraction of sp³-hybridized carbons (Fsp3) is 0.280. The smallest absolute Gasteiger partial charge is 0.237 e. The van der Waals surface area contributed by atoms with E-state index in [9.17, 15) is 4.79 Å². The summed E-state index contributed by atoms with van der Waals surface area (Å²) in [6.07, 6.45) is 1.91. The van der Waals surface area contributed by atoms with Crippen LogP contribution in [0.1, 0.15) is 30.3 Å². The minimum absolute atomic E-state index is 0.0104. The molecule has 0 aliphatic carbocycles. The van der Waals surface area contributed by atoms with E-state index in [0.29, 0.717) is 13.2 Å². The lowest BCUT2D eigenvalue weighted by atomic mass is 9.94. The molecule has 2 aliphatic heterocycles. The zero-order valence-electron chi connectivity index (χ0n) is 17.7. The molecule has 0 radical (unpaired) electrons. The molecule has 6 nitrogen and oxygen atoms in total. The van der Waals surface area contributed by atoms with Crippen molar-refractivity contribution in [3.8, 4) is 16.9 Å². The number of imidazole rings is 1. The summed E-state index contributed by atoms with van der Waals surface area (Å²) in [4.78, 5) is 22.9. The highest BCUT2D eigenvalue weighted by Crippen LogP contribution is 2.42. The molecule has 2 N–H and O–H groups in total. The predicted octanol–water partition coefficient (Wildman–Crippen LogP) is 4.81. The number of nitrogens with zero attached hydrogens (tertiary/aromatic N) is 2. The first-order chi connectivity index (χ1) is 15.6. The van der Waals surface area contributed by atoms with E-state index in [1.54, 1.807) is 7.05 Å². The average molecular weight is 447 g/mol. The second-order valence-corrected chi connectivity index (χ2v) is 8.96. The van der Waals surface area contributed by atoms with E-state index in [1.165, 1.54) is 0 Å². The maximum atomic E-state index is 12.5. The number of carbonyl (C=O) groups excluding carboxylic acids is 1. The van der Waals surface area contributed by atoms with Crippen LogP contribution in [0.4, 0.5) is 0 Å². The standard InChI is InChI=1S/C25H23ClN4O2/c1-27-12-23(31)30-8-2-3-21(30)25-28-20-7-4-14-10-19-17-6-5-16(26)9-15(17)13-32-22(19)11-18(14)24(20)29-25/h4-7,9-11,21,27H,2-3,8,12-13H2,1H3,(H,28,29). The van der Waals surface area contributed by atoms with Crippen LogP contribution >= 0.6 is 11.6 Å². The first-order valence-corrected chi connectivity index (χ1v) is 11.3. The highest BCUT2D eigenvalue weighted by Gasteiger charge is 2.32. The van der Waals surface area contributed by atoms with Gasteiger partial charge in [0, 0.05) is 22.5 Å². The molecule has 1 fully saturated rings. The van der Waals surface area contributed by atoms with E-state index in [4.69, 9.17) is 21.3 Å². The number of H-pyrrole nitrogens is 1. The van der Waals surface area contributed by atoms with Gasteiger partial charge < -0.3 is 19.9 Å². The van der Waals surface area contributed by atoms with Crippen molar-refractivity contribution >= 4 is 39.3 Å². The summed E-state index contributed by atoms with van der Waals surface area (Å²) < 4.78 is 6.09. The van der Waals surface area contributed by atoms with E-state index < -0.39 is 0 Å². The second-order valence-electron chi connectivity index (χ2n) is 8.52. The lowest BCUT2D eigenvalue weighted by Gasteiger charge is -2.23. The van der Waals surface area contributed by atoms with Gasteiger partial charge in [-0.25, -0.2) is 4.98 Å². The van der Waals surface area contributed by atoms with E-state index >= 15 is 0 Å². The number of fused-ring (bicyclic) bond motifs is 6. The van der Waals surface area contributed by atoms with Gasteiger partial charge in [0.15, 0.2) is 0 Å². The molecule has 6 rings (SSSR count). The van der Waals surface area contributed by atoms with E-state index in [0.717, 1.165) is 74.5 Å². The van der Waals surface area contributed by atoms with Gasteiger partial charge in [-0.1, -0.05) is 23.7 Å². The van der Waals surface area contributed by atoms with Crippen molar-refractivity contribution in [1.29, 1.82) is 0 Å². The number of likely N-dealkylation sites (N-methyl/N-ethyl adjacent to an activating group) is 1. The largest absolute Gasteiger partial charge is 0.488 e. The number of likely N-dealkylation sites (tertiary alicyclic amines) is 1.